The summed E-state index contributed by atoms with van der Waals surface area (Å²) in [6.07, 6.45) is 0.686. The molecular formula is C22H25ClN2O6S. The van der Waals surface area contributed by atoms with Gasteiger partial charge in [-0.2, -0.15) is 4.31 Å². The van der Waals surface area contributed by atoms with Crippen molar-refractivity contribution in [2.24, 2.45) is 5.92 Å². The number of esters is 1. The third-order valence-electron chi connectivity index (χ3n) is 5.24. The molecule has 1 heterocycles. The second-order valence-electron chi connectivity index (χ2n) is 7.23. The summed E-state index contributed by atoms with van der Waals surface area (Å²) in [7, 11) is -2.56. The summed E-state index contributed by atoms with van der Waals surface area (Å²) in [4.78, 5) is 24.7. The van der Waals surface area contributed by atoms with Gasteiger partial charge >= 0.3 is 5.97 Å². The third kappa shape index (κ3) is 5.23. The molecule has 0 aromatic heterocycles. The molecule has 10 heteroatoms. The number of anilines is 1. The number of nitrogens with zero attached hydrogens (tertiary/aromatic N) is 1. The summed E-state index contributed by atoms with van der Waals surface area (Å²) in [5.74, 6) is -0.960. The molecule has 2 aromatic carbocycles. The molecular weight excluding hydrogens is 456 g/mol. The number of piperidine rings is 1. The van der Waals surface area contributed by atoms with Crippen molar-refractivity contribution in [1.82, 2.24) is 4.31 Å². The first-order valence-electron chi connectivity index (χ1n) is 10.2. The van der Waals surface area contributed by atoms with E-state index in [-0.39, 0.29) is 35.2 Å². The minimum Gasteiger partial charge on any atom is -0.492 e. The molecule has 1 saturated heterocycles. The van der Waals surface area contributed by atoms with E-state index in [9.17, 15) is 18.0 Å². The van der Waals surface area contributed by atoms with E-state index in [1.807, 2.05) is 0 Å². The lowest BCUT2D eigenvalue weighted by molar-refractivity contribution is -0.120. The molecule has 3 rings (SSSR count). The lowest BCUT2D eigenvalue weighted by Gasteiger charge is -2.31. The maximum Gasteiger partial charge on any atom is 0.339 e. The molecule has 1 fully saturated rings. The van der Waals surface area contributed by atoms with Crippen molar-refractivity contribution in [2.45, 2.75) is 24.7 Å². The van der Waals surface area contributed by atoms with Crippen LogP contribution >= 0.6 is 11.6 Å². The van der Waals surface area contributed by atoms with Crippen LogP contribution in [0.5, 0.6) is 5.75 Å². The number of halogens is 1. The molecule has 0 aliphatic carbocycles. The van der Waals surface area contributed by atoms with Crippen molar-refractivity contribution in [3.8, 4) is 5.75 Å². The highest BCUT2D eigenvalue weighted by molar-refractivity contribution is 7.89. The van der Waals surface area contributed by atoms with Crippen LogP contribution in [0.3, 0.4) is 0 Å². The highest BCUT2D eigenvalue weighted by Crippen LogP contribution is 2.32. The Morgan fingerprint density at radius 3 is 2.50 bits per heavy atom. The highest BCUT2D eigenvalue weighted by Gasteiger charge is 2.34. The molecule has 2 aromatic rings. The zero-order valence-corrected chi connectivity index (χ0v) is 19.4. The van der Waals surface area contributed by atoms with Crippen molar-refractivity contribution in [1.29, 1.82) is 0 Å². The van der Waals surface area contributed by atoms with E-state index in [1.54, 1.807) is 37.3 Å². The van der Waals surface area contributed by atoms with Crippen LogP contribution in [0, 0.1) is 5.92 Å². The number of sulfonamides is 1. The Labute approximate surface area is 192 Å². The van der Waals surface area contributed by atoms with Gasteiger partial charge in [-0.15, -0.1) is 0 Å². The predicted octanol–water partition coefficient (Wildman–Crippen LogP) is 3.56. The first-order valence-corrected chi connectivity index (χ1v) is 12.0. The van der Waals surface area contributed by atoms with Crippen LogP contribution in [0.4, 0.5) is 5.69 Å². The molecule has 172 valence electrons. The number of hydrogen-bond donors (Lipinski definition) is 1. The van der Waals surface area contributed by atoms with Crippen molar-refractivity contribution in [3.05, 3.63) is 53.1 Å². The molecule has 0 bridgehead atoms. The summed E-state index contributed by atoms with van der Waals surface area (Å²) in [6, 6.07) is 11.1. The maximum atomic E-state index is 13.2. The fraction of sp³-hybridized carbons (Fsp3) is 0.364. The van der Waals surface area contributed by atoms with Crippen LogP contribution in [0.2, 0.25) is 5.02 Å². The lowest BCUT2D eigenvalue weighted by atomic mass is 9.97. The number of rotatable bonds is 7. The Morgan fingerprint density at radius 2 is 1.84 bits per heavy atom. The van der Waals surface area contributed by atoms with Gasteiger partial charge in [0, 0.05) is 24.0 Å². The molecule has 1 aliphatic rings. The molecule has 0 radical (unpaired) electrons. The molecule has 8 nitrogen and oxygen atoms in total. The summed E-state index contributed by atoms with van der Waals surface area (Å²) in [6.45, 7) is 2.45. The van der Waals surface area contributed by atoms with E-state index in [0.29, 0.717) is 30.2 Å². The van der Waals surface area contributed by atoms with Gasteiger partial charge in [-0.1, -0.05) is 23.7 Å². The normalized spacial score (nSPS) is 15.2. The topological polar surface area (TPSA) is 102 Å². The largest absolute Gasteiger partial charge is 0.492 e. The molecule has 1 amide bonds. The van der Waals surface area contributed by atoms with Gasteiger partial charge in [0.05, 0.1) is 25.0 Å². The van der Waals surface area contributed by atoms with Crippen LogP contribution in [-0.4, -0.2) is 51.4 Å². The minimum atomic E-state index is -3.84. The van der Waals surface area contributed by atoms with E-state index < -0.39 is 21.9 Å². The molecule has 0 saturated carbocycles. The van der Waals surface area contributed by atoms with Gasteiger partial charge in [0.1, 0.15) is 10.6 Å². The van der Waals surface area contributed by atoms with Gasteiger partial charge in [-0.25, -0.2) is 13.2 Å². The van der Waals surface area contributed by atoms with Crippen LogP contribution in [0.1, 0.15) is 30.1 Å². The highest BCUT2D eigenvalue weighted by atomic mass is 35.5. The number of ether oxygens (including phenoxy) is 2. The summed E-state index contributed by atoms with van der Waals surface area (Å²) < 4.78 is 37.9. The van der Waals surface area contributed by atoms with Crippen LogP contribution < -0.4 is 10.1 Å². The number of methoxy groups -OCH3 is 1. The number of hydrogen-bond acceptors (Lipinski definition) is 6. The Bertz CT molecular complexity index is 1100. The fourth-order valence-corrected chi connectivity index (χ4v) is 5.43. The Kier molecular flexibility index (Phi) is 7.76. The van der Waals surface area contributed by atoms with Gasteiger partial charge in [0.15, 0.2) is 0 Å². The molecule has 1 N–H and O–H groups in total. The van der Waals surface area contributed by atoms with Gasteiger partial charge in [-0.05, 0) is 50.1 Å². The van der Waals surface area contributed by atoms with E-state index in [1.165, 1.54) is 23.5 Å². The lowest BCUT2D eigenvalue weighted by Crippen LogP contribution is -2.41. The Hall–Kier alpha value is -2.62. The average Bonchev–Trinajstić information content (AvgIpc) is 2.80. The van der Waals surface area contributed by atoms with Crippen molar-refractivity contribution < 1.29 is 27.5 Å². The van der Waals surface area contributed by atoms with Crippen LogP contribution in [0.25, 0.3) is 0 Å². The number of amides is 1. The Balaban J connectivity index is 1.70. The molecule has 1 aliphatic heterocycles. The number of benzene rings is 2. The smallest absolute Gasteiger partial charge is 0.339 e. The SMILES string of the molecule is CCOc1ccc(Cl)cc1S(=O)(=O)N1CCC(C(=O)Nc2ccccc2C(=O)OC)CC1. The van der Waals surface area contributed by atoms with Crippen molar-refractivity contribution in [3.63, 3.8) is 0 Å². The zero-order chi connectivity index (χ0) is 23.3. The van der Waals surface area contributed by atoms with Crippen molar-refractivity contribution in [2.75, 3.05) is 32.1 Å². The number of carbonyl (C=O) groups is 2. The van der Waals surface area contributed by atoms with E-state index >= 15 is 0 Å². The van der Waals surface area contributed by atoms with Gasteiger partial charge in [0.25, 0.3) is 0 Å². The van der Waals surface area contributed by atoms with Crippen LogP contribution in [-0.2, 0) is 19.6 Å². The first-order chi connectivity index (χ1) is 15.3. The maximum absolute atomic E-state index is 13.2. The van der Waals surface area contributed by atoms with Crippen molar-refractivity contribution >= 4 is 39.2 Å². The average molecular weight is 481 g/mol. The first kappa shape index (κ1) is 24.0. The van der Waals surface area contributed by atoms with Crippen LogP contribution in [0.15, 0.2) is 47.4 Å². The summed E-state index contributed by atoms with van der Waals surface area (Å²) in [5.41, 5.74) is 0.618. The second-order valence-corrected chi connectivity index (χ2v) is 9.57. The standard InChI is InChI=1S/C22H25ClN2O6S/c1-3-31-19-9-8-16(23)14-20(19)32(28,29)25-12-10-15(11-13-25)21(26)24-18-7-5-4-6-17(18)22(27)30-2/h4-9,14-15H,3,10-13H2,1-2H3,(H,24,26). The molecule has 0 atom stereocenters. The Morgan fingerprint density at radius 1 is 1.16 bits per heavy atom. The fourth-order valence-electron chi connectivity index (χ4n) is 3.57. The van der Waals surface area contributed by atoms with Gasteiger partial charge in [-0.3, -0.25) is 4.79 Å². The zero-order valence-electron chi connectivity index (χ0n) is 17.8. The molecule has 32 heavy (non-hydrogen) atoms. The van der Waals surface area contributed by atoms with E-state index in [2.05, 4.69) is 5.32 Å². The second kappa shape index (κ2) is 10.3. The summed E-state index contributed by atoms with van der Waals surface area (Å²) >= 11 is 6.02. The quantitative estimate of drug-likeness (QED) is 0.608. The molecule has 0 spiro atoms. The van der Waals surface area contributed by atoms with E-state index in [4.69, 9.17) is 21.1 Å². The summed E-state index contributed by atoms with van der Waals surface area (Å²) in [5, 5.41) is 3.07. The number of para-hydroxylation sites is 1. The van der Waals surface area contributed by atoms with E-state index in [0.717, 1.165) is 0 Å². The number of nitrogens with one attached hydrogen (secondary N) is 1. The minimum absolute atomic E-state index is 0.0155. The predicted molar refractivity (Wildman–Crippen MR) is 121 cm³/mol. The van der Waals surface area contributed by atoms with Gasteiger partial charge in [0.2, 0.25) is 15.9 Å². The number of carbonyl (C=O) groups excluding carboxylic acids is 2. The third-order valence-corrected chi connectivity index (χ3v) is 7.39. The van der Waals surface area contributed by atoms with Gasteiger partial charge < -0.3 is 14.8 Å². The molecule has 0 unspecified atom stereocenters. The monoisotopic (exact) mass is 480 g/mol.